The minimum Gasteiger partial charge on any atom is -0.466 e. The number of hydrogen-bond acceptors (Lipinski definition) is 6. The fourth-order valence-electron chi connectivity index (χ4n) is 4.95. The largest absolute Gasteiger partial charge is 0.466 e. The van der Waals surface area contributed by atoms with Gasteiger partial charge in [-0.3, -0.25) is 14.6 Å². The number of rotatable bonds is 6. The van der Waals surface area contributed by atoms with Gasteiger partial charge in [-0.25, -0.2) is 0 Å². The zero-order valence-corrected chi connectivity index (χ0v) is 18.3. The van der Waals surface area contributed by atoms with Crippen molar-refractivity contribution < 1.29 is 14.3 Å². The number of anilines is 1. The monoisotopic (exact) mass is 439 g/mol. The average molecular weight is 440 g/mol. The first kappa shape index (κ1) is 20.9. The first-order valence-electron chi connectivity index (χ1n) is 11.2. The molecule has 3 aromatic carbocycles. The summed E-state index contributed by atoms with van der Waals surface area (Å²) in [5.74, 6) is -1.40. The van der Waals surface area contributed by atoms with Crippen molar-refractivity contribution in [3.63, 3.8) is 0 Å². The lowest BCUT2D eigenvalue weighted by molar-refractivity contribution is -0.149. The summed E-state index contributed by atoms with van der Waals surface area (Å²) < 4.78 is 5.54. The Morgan fingerprint density at radius 3 is 2.12 bits per heavy atom. The Kier molecular flexibility index (Phi) is 5.65. The van der Waals surface area contributed by atoms with Gasteiger partial charge in [0.25, 0.3) is 0 Å². The number of esters is 1. The average Bonchev–Trinajstić information content (AvgIpc) is 3.43. The predicted molar refractivity (Wildman–Crippen MR) is 127 cm³/mol. The number of nitrogens with zero attached hydrogens (tertiary/aromatic N) is 3. The number of benzene rings is 3. The zero-order chi connectivity index (χ0) is 22.8. The highest BCUT2D eigenvalue weighted by molar-refractivity contribution is 6.02. The van der Waals surface area contributed by atoms with Gasteiger partial charge >= 0.3 is 5.97 Å². The molecular weight excluding hydrogens is 414 g/mol. The third-order valence-corrected chi connectivity index (χ3v) is 6.32. The second-order valence-corrected chi connectivity index (χ2v) is 8.16. The zero-order valence-electron chi connectivity index (χ0n) is 18.3. The molecule has 2 aliphatic rings. The molecule has 0 unspecified atom stereocenters. The smallest absolute Gasteiger partial charge is 0.313 e. The normalized spacial score (nSPS) is 23.4. The van der Waals surface area contributed by atoms with Crippen molar-refractivity contribution in [1.82, 2.24) is 5.01 Å². The summed E-state index contributed by atoms with van der Waals surface area (Å²) in [6, 6.07) is 28.1. The van der Waals surface area contributed by atoms with Crippen molar-refractivity contribution in [3.05, 3.63) is 102 Å². The van der Waals surface area contributed by atoms with Crippen LogP contribution in [0.1, 0.15) is 28.8 Å². The maximum atomic E-state index is 13.9. The molecule has 0 saturated carbocycles. The van der Waals surface area contributed by atoms with Crippen LogP contribution >= 0.6 is 0 Å². The molecule has 4 atom stereocenters. The number of ether oxygens (including phenoxy) is 1. The van der Waals surface area contributed by atoms with E-state index in [-0.39, 0.29) is 18.4 Å². The molecule has 0 aliphatic carbocycles. The van der Waals surface area contributed by atoms with Crippen molar-refractivity contribution in [2.75, 3.05) is 11.5 Å². The van der Waals surface area contributed by atoms with E-state index in [9.17, 15) is 9.59 Å². The molecule has 5 rings (SSSR count). The van der Waals surface area contributed by atoms with Gasteiger partial charge in [-0.2, -0.15) is 5.10 Å². The Labute approximate surface area is 193 Å². The number of para-hydroxylation sites is 1. The summed E-state index contributed by atoms with van der Waals surface area (Å²) >= 11 is 0. The lowest BCUT2D eigenvalue weighted by Gasteiger charge is -2.29. The van der Waals surface area contributed by atoms with Crippen LogP contribution in [0, 0.1) is 5.92 Å². The lowest BCUT2D eigenvalue weighted by atomic mass is 9.80. The van der Waals surface area contributed by atoms with Crippen LogP contribution in [0.2, 0.25) is 0 Å². The number of hydrogen-bond donors (Lipinski definition) is 0. The number of Topliss-reactive ketones (excluding diaryl/α,β-unsaturated/α-hetero) is 1. The lowest BCUT2D eigenvalue weighted by Crippen LogP contribution is -2.45. The Morgan fingerprint density at radius 1 is 0.879 bits per heavy atom. The Morgan fingerprint density at radius 2 is 1.48 bits per heavy atom. The molecule has 6 nitrogen and oxygen atoms in total. The minimum atomic E-state index is -0.640. The fraction of sp³-hybridized carbons (Fsp3) is 0.222. The fourth-order valence-corrected chi connectivity index (χ4v) is 4.95. The van der Waals surface area contributed by atoms with Gasteiger partial charge in [-0.1, -0.05) is 78.9 Å². The molecule has 33 heavy (non-hydrogen) atoms. The quantitative estimate of drug-likeness (QED) is 0.423. The van der Waals surface area contributed by atoms with E-state index in [1.165, 1.54) is 0 Å². The van der Waals surface area contributed by atoms with E-state index in [0.717, 1.165) is 11.3 Å². The SMILES string of the molecule is CCOC(=O)[C@@H]1[C@@H](c2ccccc2)[C@@H](C(=O)c2ccccc2)N2N=CN(c3ccccc3)[C@H]12. The van der Waals surface area contributed by atoms with Crippen LogP contribution in [0.5, 0.6) is 0 Å². The van der Waals surface area contributed by atoms with E-state index in [2.05, 4.69) is 5.10 Å². The first-order valence-corrected chi connectivity index (χ1v) is 11.2. The van der Waals surface area contributed by atoms with E-state index >= 15 is 0 Å². The third kappa shape index (κ3) is 3.67. The van der Waals surface area contributed by atoms with Crippen LogP contribution in [-0.2, 0) is 9.53 Å². The summed E-state index contributed by atoms with van der Waals surface area (Å²) in [7, 11) is 0. The van der Waals surface area contributed by atoms with Gasteiger partial charge in [0.05, 0.1) is 6.61 Å². The van der Waals surface area contributed by atoms with Gasteiger partial charge in [-0.05, 0) is 24.6 Å². The topological polar surface area (TPSA) is 62.2 Å². The van der Waals surface area contributed by atoms with E-state index < -0.39 is 24.0 Å². The van der Waals surface area contributed by atoms with Crippen LogP contribution in [0.3, 0.4) is 0 Å². The maximum absolute atomic E-state index is 13.9. The van der Waals surface area contributed by atoms with Crippen molar-refractivity contribution in [2.24, 2.45) is 11.0 Å². The van der Waals surface area contributed by atoms with Gasteiger partial charge in [-0.15, -0.1) is 0 Å². The van der Waals surface area contributed by atoms with Gasteiger partial charge < -0.3 is 9.64 Å². The molecular formula is C27H25N3O3. The first-order chi connectivity index (χ1) is 16.2. The van der Waals surface area contributed by atoms with Gasteiger partial charge in [0.1, 0.15) is 24.5 Å². The van der Waals surface area contributed by atoms with Crippen LogP contribution in [0.15, 0.2) is 96.1 Å². The third-order valence-electron chi connectivity index (χ3n) is 6.32. The molecule has 2 aliphatic heterocycles. The van der Waals surface area contributed by atoms with E-state index in [1.54, 1.807) is 18.3 Å². The molecule has 1 saturated heterocycles. The molecule has 166 valence electrons. The predicted octanol–water partition coefficient (Wildman–Crippen LogP) is 4.31. The van der Waals surface area contributed by atoms with Gasteiger partial charge in [0.2, 0.25) is 0 Å². The molecule has 1 fully saturated rings. The molecule has 3 aromatic rings. The summed E-state index contributed by atoms with van der Waals surface area (Å²) in [6.45, 7) is 2.07. The highest BCUT2D eigenvalue weighted by Crippen LogP contribution is 2.48. The number of ketones is 1. The number of carbonyl (C=O) groups is 2. The summed E-state index contributed by atoms with van der Waals surface area (Å²) in [5, 5.41) is 6.45. The Bertz CT molecular complexity index is 1150. The number of fused-ring (bicyclic) bond motifs is 1. The van der Waals surface area contributed by atoms with Crippen molar-refractivity contribution >= 4 is 23.8 Å². The van der Waals surface area contributed by atoms with Gasteiger partial charge in [0.15, 0.2) is 5.78 Å². The van der Waals surface area contributed by atoms with E-state index in [0.29, 0.717) is 5.56 Å². The van der Waals surface area contributed by atoms with Crippen LogP contribution in [0.4, 0.5) is 5.69 Å². The molecule has 0 N–H and O–H groups in total. The Balaban J connectivity index is 1.65. The Hall–Kier alpha value is -3.93. The second kappa shape index (κ2) is 8.90. The van der Waals surface area contributed by atoms with Crippen LogP contribution in [0.25, 0.3) is 0 Å². The van der Waals surface area contributed by atoms with Crippen molar-refractivity contribution in [2.45, 2.75) is 25.0 Å². The van der Waals surface area contributed by atoms with Crippen LogP contribution < -0.4 is 4.90 Å². The second-order valence-electron chi connectivity index (χ2n) is 8.16. The van der Waals surface area contributed by atoms with Crippen molar-refractivity contribution in [1.29, 1.82) is 0 Å². The van der Waals surface area contributed by atoms with E-state index in [4.69, 9.17) is 4.74 Å². The number of hydrazone groups is 1. The van der Waals surface area contributed by atoms with Crippen LogP contribution in [-0.4, -0.2) is 41.9 Å². The number of carbonyl (C=O) groups excluding carboxylic acids is 2. The molecule has 0 radical (unpaired) electrons. The molecule has 0 aromatic heterocycles. The minimum absolute atomic E-state index is 0.0617. The summed E-state index contributed by atoms with van der Waals surface area (Å²) in [5.41, 5.74) is 2.42. The highest BCUT2D eigenvalue weighted by atomic mass is 16.5. The molecule has 0 amide bonds. The molecule has 6 heteroatoms. The summed E-state index contributed by atoms with van der Waals surface area (Å²) in [4.78, 5) is 29.2. The van der Waals surface area contributed by atoms with Gasteiger partial charge in [0, 0.05) is 17.2 Å². The maximum Gasteiger partial charge on any atom is 0.313 e. The standard InChI is InChI=1S/C27H25N3O3/c1-2-33-27(32)23-22(19-12-6-3-7-13-19)24(25(31)20-14-8-4-9-15-20)30-26(23)29(18-28-30)21-16-10-5-11-17-21/h3-18,22-24,26H,2H2,1H3/t22-,23-,24+,26+/m1/s1. The summed E-state index contributed by atoms with van der Waals surface area (Å²) in [6.07, 6.45) is 1.24. The highest BCUT2D eigenvalue weighted by Gasteiger charge is 2.59. The molecule has 0 bridgehead atoms. The molecule has 2 heterocycles. The van der Waals surface area contributed by atoms with E-state index in [1.807, 2.05) is 95.9 Å². The van der Waals surface area contributed by atoms with Crippen molar-refractivity contribution in [3.8, 4) is 0 Å². The molecule has 0 spiro atoms.